The van der Waals surface area contributed by atoms with E-state index < -0.39 is 0 Å². The van der Waals surface area contributed by atoms with Gasteiger partial charge in [0.15, 0.2) is 5.75 Å². The molecule has 0 aromatic heterocycles. The average Bonchev–Trinajstić information content (AvgIpc) is 2.47. The number of aromatic hydroxyl groups is 1. The van der Waals surface area contributed by atoms with Gasteiger partial charge in [-0.15, -0.1) is 0 Å². The Kier molecular flexibility index (Phi) is 5.90. The molecule has 0 aliphatic carbocycles. The van der Waals surface area contributed by atoms with Gasteiger partial charge in [0.05, 0.1) is 0 Å². The van der Waals surface area contributed by atoms with Gasteiger partial charge in [0.25, 0.3) is 0 Å². The highest BCUT2D eigenvalue weighted by Gasteiger charge is 2.10. The molecule has 0 aliphatic heterocycles. The summed E-state index contributed by atoms with van der Waals surface area (Å²) in [6.45, 7) is 6.13. The van der Waals surface area contributed by atoms with E-state index in [0.29, 0.717) is 0 Å². The second kappa shape index (κ2) is 7.20. The Bertz CT molecular complexity index is 436. The zero-order valence-electron chi connectivity index (χ0n) is 11.7. The van der Waals surface area contributed by atoms with Crippen LogP contribution < -0.4 is 5.43 Å². The summed E-state index contributed by atoms with van der Waals surface area (Å²) in [4.78, 5) is 12.1. The van der Waals surface area contributed by atoms with Crippen molar-refractivity contribution in [2.45, 2.75) is 58.8 Å². The molecule has 2 nitrogen and oxygen atoms in total. The monoisotopic (exact) mass is 248 g/mol. The van der Waals surface area contributed by atoms with E-state index in [4.69, 9.17) is 0 Å². The molecule has 0 saturated heterocycles. The molecule has 0 unspecified atom stereocenters. The number of rotatable bonds is 6. The van der Waals surface area contributed by atoms with E-state index in [2.05, 4.69) is 6.92 Å². The lowest BCUT2D eigenvalue weighted by Crippen LogP contribution is -2.07. The zero-order chi connectivity index (χ0) is 13.5. The Hall–Kier alpha value is -1.31. The third-order valence-electron chi connectivity index (χ3n) is 3.28. The molecule has 0 spiro atoms. The van der Waals surface area contributed by atoms with Crippen LogP contribution in [0.1, 0.15) is 63.5 Å². The van der Waals surface area contributed by atoms with Crippen molar-refractivity contribution >= 4 is 0 Å². The molecule has 0 fully saturated rings. The zero-order valence-corrected chi connectivity index (χ0v) is 11.7. The van der Waals surface area contributed by atoms with E-state index in [1.807, 2.05) is 32.0 Å². The molecule has 18 heavy (non-hydrogen) atoms. The third-order valence-corrected chi connectivity index (χ3v) is 3.28. The minimum atomic E-state index is -0.194. The highest BCUT2D eigenvalue weighted by molar-refractivity contribution is 5.36. The second-order valence-electron chi connectivity index (χ2n) is 5.15. The number of hydrogen-bond donors (Lipinski definition) is 1. The van der Waals surface area contributed by atoms with Crippen molar-refractivity contribution in [3.05, 3.63) is 39.5 Å². The fraction of sp³-hybridized carbons (Fsp3) is 0.562. The van der Waals surface area contributed by atoms with E-state index in [1.165, 1.54) is 12.8 Å². The van der Waals surface area contributed by atoms with Gasteiger partial charge in [-0.05, 0) is 18.8 Å². The molecule has 0 atom stereocenters. The summed E-state index contributed by atoms with van der Waals surface area (Å²) < 4.78 is 0. The summed E-state index contributed by atoms with van der Waals surface area (Å²) in [6.07, 6.45) is 5.32. The summed E-state index contributed by atoms with van der Waals surface area (Å²) in [5.41, 5.74) is 1.27. The van der Waals surface area contributed by atoms with Gasteiger partial charge >= 0.3 is 0 Å². The van der Waals surface area contributed by atoms with Crippen molar-refractivity contribution in [1.29, 1.82) is 0 Å². The lowest BCUT2D eigenvalue weighted by atomic mass is 10.0. The molecule has 1 rings (SSSR count). The molecule has 1 N–H and O–H groups in total. The Morgan fingerprint density at radius 2 is 1.89 bits per heavy atom. The smallest absolute Gasteiger partial charge is 0.223 e. The van der Waals surface area contributed by atoms with Crippen molar-refractivity contribution in [2.75, 3.05) is 0 Å². The lowest BCUT2D eigenvalue weighted by molar-refractivity contribution is 0.459. The van der Waals surface area contributed by atoms with Gasteiger partial charge in [-0.1, -0.05) is 58.2 Å². The first-order valence-corrected chi connectivity index (χ1v) is 6.93. The third kappa shape index (κ3) is 3.86. The van der Waals surface area contributed by atoms with Crippen molar-refractivity contribution in [2.24, 2.45) is 0 Å². The first-order chi connectivity index (χ1) is 8.57. The maximum atomic E-state index is 12.1. The normalized spacial score (nSPS) is 10.9. The van der Waals surface area contributed by atoms with Gasteiger partial charge in [0, 0.05) is 11.1 Å². The maximum absolute atomic E-state index is 12.1. The van der Waals surface area contributed by atoms with Crippen LogP contribution in [0, 0.1) is 0 Å². The molecule has 0 bridgehead atoms. The molecule has 1 aromatic carbocycles. The fourth-order valence-electron chi connectivity index (χ4n) is 2.11. The van der Waals surface area contributed by atoms with E-state index in [1.54, 1.807) is 0 Å². The van der Waals surface area contributed by atoms with Gasteiger partial charge in [0.1, 0.15) is 0 Å². The van der Waals surface area contributed by atoms with Gasteiger partial charge in [-0.3, -0.25) is 4.79 Å². The largest absolute Gasteiger partial charge is 0.504 e. The Balaban J connectivity index is 2.92. The Morgan fingerprint density at radius 3 is 2.50 bits per heavy atom. The highest BCUT2D eigenvalue weighted by atomic mass is 16.3. The first-order valence-electron chi connectivity index (χ1n) is 6.93. The SMILES string of the molecule is CCCCCCc1cccc(C(C)C)c(O)c1=O. The lowest BCUT2D eigenvalue weighted by Gasteiger charge is -2.03. The van der Waals surface area contributed by atoms with Crippen LogP contribution in [0.25, 0.3) is 0 Å². The summed E-state index contributed by atoms with van der Waals surface area (Å²) >= 11 is 0. The fourth-order valence-corrected chi connectivity index (χ4v) is 2.11. The van der Waals surface area contributed by atoms with Crippen LogP contribution in [-0.2, 0) is 6.42 Å². The minimum absolute atomic E-state index is 0.0690. The Labute approximate surface area is 110 Å². The topological polar surface area (TPSA) is 37.3 Å². The van der Waals surface area contributed by atoms with Crippen LogP contribution in [-0.4, -0.2) is 5.11 Å². The van der Waals surface area contributed by atoms with E-state index in [0.717, 1.165) is 30.4 Å². The molecule has 0 saturated carbocycles. The molecule has 0 heterocycles. The highest BCUT2D eigenvalue weighted by Crippen LogP contribution is 2.21. The number of aryl methyl sites for hydroxylation is 1. The minimum Gasteiger partial charge on any atom is -0.504 e. The van der Waals surface area contributed by atoms with Crippen LogP contribution in [0.4, 0.5) is 0 Å². The molecular weight excluding hydrogens is 224 g/mol. The van der Waals surface area contributed by atoms with Crippen LogP contribution >= 0.6 is 0 Å². The molecule has 0 amide bonds. The number of hydrogen-bond acceptors (Lipinski definition) is 2. The van der Waals surface area contributed by atoms with Crippen molar-refractivity contribution in [3.63, 3.8) is 0 Å². The second-order valence-corrected chi connectivity index (χ2v) is 5.15. The summed E-state index contributed by atoms with van der Waals surface area (Å²) in [6, 6.07) is 5.57. The average molecular weight is 248 g/mol. The van der Waals surface area contributed by atoms with Crippen LogP contribution in [0.3, 0.4) is 0 Å². The van der Waals surface area contributed by atoms with Crippen molar-refractivity contribution in [3.8, 4) is 5.75 Å². The molecule has 1 aromatic rings. The van der Waals surface area contributed by atoms with E-state index >= 15 is 0 Å². The molecular formula is C16H24O2. The molecule has 100 valence electrons. The van der Waals surface area contributed by atoms with Crippen LogP contribution in [0.15, 0.2) is 23.0 Å². The van der Waals surface area contributed by atoms with Gasteiger partial charge in [-0.25, -0.2) is 0 Å². The molecule has 0 radical (unpaired) electrons. The molecule has 2 heteroatoms. The van der Waals surface area contributed by atoms with Gasteiger partial charge < -0.3 is 5.11 Å². The van der Waals surface area contributed by atoms with Gasteiger partial charge in [0.2, 0.25) is 5.43 Å². The summed E-state index contributed by atoms with van der Waals surface area (Å²) in [7, 11) is 0. The summed E-state index contributed by atoms with van der Waals surface area (Å²) in [5.74, 6) is 0.0959. The maximum Gasteiger partial charge on any atom is 0.223 e. The predicted octanol–water partition coefficient (Wildman–Crippen LogP) is 4.00. The molecule has 0 aliphatic rings. The summed E-state index contributed by atoms with van der Waals surface area (Å²) in [5, 5.41) is 10.00. The predicted molar refractivity (Wildman–Crippen MR) is 76.3 cm³/mol. The quantitative estimate of drug-likeness (QED) is 0.773. The van der Waals surface area contributed by atoms with Crippen molar-refractivity contribution in [1.82, 2.24) is 0 Å². The standard InChI is InChI=1S/C16H24O2/c1-4-5-6-7-9-13-10-8-11-14(12(2)3)16(18)15(13)17/h8,10-12H,4-7,9H2,1-3H3,(H,17,18). The number of unbranched alkanes of at least 4 members (excludes halogenated alkanes) is 3. The van der Waals surface area contributed by atoms with Gasteiger partial charge in [-0.2, -0.15) is 0 Å². The van der Waals surface area contributed by atoms with Crippen molar-refractivity contribution < 1.29 is 5.11 Å². The Morgan fingerprint density at radius 1 is 1.17 bits per heavy atom. The first kappa shape index (κ1) is 14.7. The van der Waals surface area contributed by atoms with E-state index in [9.17, 15) is 9.90 Å². The van der Waals surface area contributed by atoms with E-state index in [-0.39, 0.29) is 17.1 Å². The van der Waals surface area contributed by atoms with Crippen LogP contribution in [0.5, 0.6) is 5.75 Å². The van der Waals surface area contributed by atoms with Crippen LogP contribution in [0.2, 0.25) is 0 Å².